The third-order valence-corrected chi connectivity index (χ3v) is 5.18. The maximum absolute atomic E-state index is 6.46. The van der Waals surface area contributed by atoms with Gasteiger partial charge in [-0.2, -0.15) is 0 Å². The number of halogens is 2. The maximum Gasteiger partial charge on any atom is 0.156 e. The van der Waals surface area contributed by atoms with Gasteiger partial charge in [-0.25, -0.2) is 0 Å². The van der Waals surface area contributed by atoms with Crippen molar-refractivity contribution in [3.63, 3.8) is 0 Å². The van der Waals surface area contributed by atoms with Crippen molar-refractivity contribution in [3.8, 4) is 5.75 Å². The van der Waals surface area contributed by atoms with Crippen molar-refractivity contribution in [3.05, 3.63) is 99.5 Å². The van der Waals surface area contributed by atoms with Gasteiger partial charge < -0.3 is 10.1 Å². The first-order valence-electron chi connectivity index (χ1n) is 9.60. The van der Waals surface area contributed by atoms with Crippen LogP contribution in [0.5, 0.6) is 5.75 Å². The summed E-state index contributed by atoms with van der Waals surface area (Å²) in [7, 11) is 0. The van der Waals surface area contributed by atoms with Crippen LogP contribution in [0.2, 0.25) is 10.0 Å². The fourth-order valence-electron chi connectivity index (χ4n) is 3.18. The van der Waals surface area contributed by atoms with E-state index in [-0.39, 0.29) is 0 Å². The van der Waals surface area contributed by atoms with Crippen LogP contribution in [-0.2, 0) is 13.2 Å². The number of nitrogens with one attached hydrogen (secondary N) is 1. The van der Waals surface area contributed by atoms with Crippen LogP contribution in [0.15, 0.2) is 72.8 Å². The van der Waals surface area contributed by atoms with Gasteiger partial charge in [0.25, 0.3) is 0 Å². The second-order valence-electron chi connectivity index (χ2n) is 6.80. The zero-order valence-electron chi connectivity index (χ0n) is 16.0. The Morgan fingerprint density at radius 2 is 1.46 bits per heavy atom. The molecule has 0 spiro atoms. The summed E-state index contributed by atoms with van der Waals surface area (Å²) in [5.41, 5.74) is 3.41. The molecule has 0 saturated carbocycles. The van der Waals surface area contributed by atoms with E-state index >= 15 is 0 Å². The van der Waals surface area contributed by atoms with E-state index in [1.54, 1.807) is 0 Å². The molecule has 1 N–H and O–H groups in total. The topological polar surface area (TPSA) is 21.3 Å². The predicted octanol–water partition coefficient (Wildman–Crippen LogP) is 7.20. The molecule has 1 unspecified atom stereocenters. The standard InChI is InChI=1S/C24H25Cl2NO/c1-2-9-23(20-12-7-4-8-13-20)27-16-19-14-21(25)24(22(26)15-19)28-17-18-10-5-3-6-11-18/h3-8,10-15,23,27H,2,9,16-17H2,1H3. The maximum atomic E-state index is 6.46. The Kier molecular flexibility index (Phi) is 7.79. The van der Waals surface area contributed by atoms with Crippen molar-refractivity contribution >= 4 is 23.2 Å². The summed E-state index contributed by atoms with van der Waals surface area (Å²) >= 11 is 12.9. The monoisotopic (exact) mass is 413 g/mol. The molecule has 4 heteroatoms. The van der Waals surface area contributed by atoms with Gasteiger partial charge in [-0.3, -0.25) is 0 Å². The van der Waals surface area contributed by atoms with Gasteiger partial charge in [0.05, 0.1) is 10.0 Å². The van der Waals surface area contributed by atoms with Crippen LogP contribution in [0.3, 0.4) is 0 Å². The lowest BCUT2D eigenvalue weighted by molar-refractivity contribution is 0.306. The van der Waals surface area contributed by atoms with Gasteiger partial charge in [-0.05, 0) is 35.2 Å². The molecule has 1 atom stereocenters. The Bertz CT molecular complexity index is 845. The van der Waals surface area contributed by atoms with E-state index in [0.29, 0.717) is 35.0 Å². The molecule has 0 aliphatic carbocycles. The Morgan fingerprint density at radius 1 is 0.857 bits per heavy atom. The van der Waals surface area contributed by atoms with Gasteiger partial charge >= 0.3 is 0 Å². The van der Waals surface area contributed by atoms with Crippen LogP contribution >= 0.6 is 23.2 Å². The van der Waals surface area contributed by atoms with E-state index in [0.717, 1.165) is 24.0 Å². The molecule has 2 nitrogen and oxygen atoms in total. The number of ether oxygens (including phenoxy) is 1. The van der Waals surface area contributed by atoms with Crippen LogP contribution in [-0.4, -0.2) is 0 Å². The smallest absolute Gasteiger partial charge is 0.156 e. The highest BCUT2D eigenvalue weighted by Gasteiger charge is 2.13. The summed E-state index contributed by atoms with van der Waals surface area (Å²) in [6.07, 6.45) is 2.18. The first-order chi connectivity index (χ1) is 13.7. The molecule has 0 aromatic heterocycles. The fourth-order valence-corrected chi connectivity index (χ4v) is 3.83. The summed E-state index contributed by atoms with van der Waals surface area (Å²) in [5.74, 6) is 0.532. The number of benzene rings is 3. The van der Waals surface area contributed by atoms with Crippen LogP contribution < -0.4 is 10.1 Å². The molecular weight excluding hydrogens is 389 g/mol. The first kappa shape index (κ1) is 20.7. The van der Waals surface area contributed by atoms with E-state index in [1.807, 2.05) is 48.5 Å². The fraction of sp³-hybridized carbons (Fsp3) is 0.250. The predicted molar refractivity (Wildman–Crippen MR) is 118 cm³/mol. The van der Waals surface area contributed by atoms with Crippen LogP contribution in [0.4, 0.5) is 0 Å². The summed E-state index contributed by atoms with van der Waals surface area (Å²) in [6.45, 7) is 3.33. The van der Waals surface area contributed by atoms with E-state index in [4.69, 9.17) is 27.9 Å². The molecule has 0 saturated heterocycles. The molecule has 146 valence electrons. The average Bonchev–Trinajstić information content (AvgIpc) is 2.72. The van der Waals surface area contributed by atoms with Crippen molar-refractivity contribution in [2.75, 3.05) is 0 Å². The number of hydrogen-bond acceptors (Lipinski definition) is 2. The van der Waals surface area contributed by atoms with Gasteiger partial charge in [0.15, 0.2) is 5.75 Å². The van der Waals surface area contributed by atoms with Crippen molar-refractivity contribution in [1.82, 2.24) is 5.32 Å². The normalized spacial score (nSPS) is 12.0. The van der Waals surface area contributed by atoms with Crippen molar-refractivity contribution in [2.45, 2.75) is 39.0 Å². The zero-order valence-corrected chi connectivity index (χ0v) is 17.5. The second-order valence-corrected chi connectivity index (χ2v) is 7.61. The third kappa shape index (κ3) is 5.75. The number of hydrogen-bond donors (Lipinski definition) is 1. The van der Waals surface area contributed by atoms with Crippen LogP contribution in [0, 0.1) is 0 Å². The zero-order chi connectivity index (χ0) is 19.8. The summed E-state index contributed by atoms with van der Waals surface area (Å²) in [6, 6.07) is 24.6. The van der Waals surface area contributed by atoms with Crippen molar-refractivity contribution in [1.29, 1.82) is 0 Å². The molecule has 28 heavy (non-hydrogen) atoms. The molecule has 0 fully saturated rings. The lowest BCUT2D eigenvalue weighted by Gasteiger charge is -2.19. The molecule has 3 aromatic rings. The Morgan fingerprint density at radius 3 is 2.07 bits per heavy atom. The lowest BCUT2D eigenvalue weighted by Crippen LogP contribution is -2.20. The largest absolute Gasteiger partial charge is 0.486 e. The summed E-state index contributed by atoms with van der Waals surface area (Å²) in [4.78, 5) is 0. The minimum atomic E-state index is 0.303. The van der Waals surface area contributed by atoms with Gasteiger partial charge in [0, 0.05) is 12.6 Å². The van der Waals surface area contributed by atoms with E-state index in [1.165, 1.54) is 5.56 Å². The van der Waals surface area contributed by atoms with Crippen molar-refractivity contribution < 1.29 is 4.74 Å². The first-order valence-corrected chi connectivity index (χ1v) is 10.4. The van der Waals surface area contributed by atoms with Gasteiger partial charge in [0.2, 0.25) is 0 Å². The lowest BCUT2D eigenvalue weighted by atomic mass is 10.0. The molecule has 0 radical (unpaired) electrons. The van der Waals surface area contributed by atoms with E-state index < -0.39 is 0 Å². The Labute approximate surface area is 177 Å². The van der Waals surface area contributed by atoms with Crippen molar-refractivity contribution in [2.24, 2.45) is 0 Å². The van der Waals surface area contributed by atoms with Gasteiger partial charge in [0.1, 0.15) is 6.61 Å². The highest BCUT2D eigenvalue weighted by Crippen LogP contribution is 2.35. The molecule has 0 aliphatic rings. The Hall–Kier alpha value is -2.00. The molecule has 0 heterocycles. The van der Waals surface area contributed by atoms with Gasteiger partial charge in [-0.15, -0.1) is 0 Å². The summed E-state index contributed by atoms with van der Waals surface area (Å²) < 4.78 is 5.86. The summed E-state index contributed by atoms with van der Waals surface area (Å²) in [5, 5.41) is 4.70. The van der Waals surface area contributed by atoms with Gasteiger partial charge in [-0.1, -0.05) is 97.2 Å². The third-order valence-electron chi connectivity index (χ3n) is 4.62. The molecule has 0 amide bonds. The molecule has 3 rings (SSSR count). The minimum Gasteiger partial charge on any atom is -0.486 e. The SMILES string of the molecule is CCCC(NCc1cc(Cl)c(OCc2ccccc2)c(Cl)c1)c1ccccc1. The molecule has 3 aromatic carbocycles. The van der Waals surface area contributed by atoms with E-state index in [2.05, 4.69) is 36.5 Å². The average molecular weight is 414 g/mol. The quantitative estimate of drug-likeness (QED) is 0.400. The number of rotatable bonds is 9. The molecule has 0 aliphatic heterocycles. The second kappa shape index (κ2) is 10.5. The Balaban J connectivity index is 1.66. The van der Waals surface area contributed by atoms with Crippen LogP contribution in [0.1, 0.15) is 42.5 Å². The molecular formula is C24H25Cl2NO. The minimum absolute atomic E-state index is 0.303. The highest BCUT2D eigenvalue weighted by atomic mass is 35.5. The molecule has 0 bridgehead atoms. The highest BCUT2D eigenvalue weighted by molar-refractivity contribution is 6.37. The van der Waals surface area contributed by atoms with Crippen LogP contribution in [0.25, 0.3) is 0 Å². The van der Waals surface area contributed by atoms with E-state index in [9.17, 15) is 0 Å².